The van der Waals surface area contributed by atoms with E-state index in [4.69, 9.17) is 8.83 Å². The van der Waals surface area contributed by atoms with Crippen molar-refractivity contribution >= 4 is 45.4 Å². The summed E-state index contributed by atoms with van der Waals surface area (Å²) in [6.07, 6.45) is 1.88. The van der Waals surface area contributed by atoms with Crippen molar-refractivity contribution in [2.75, 3.05) is 10.6 Å². The maximum absolute atomic E-state index is 12.4. The number of oxazole rings is 2. The van der Waals surface area contributed by atoms with Gasteiger partial charge < -0.3 is 19.5 Å². The van der Waals surface area contributed by atoms with Crippen LogP contribution < -0.4 is 10.6 Å². The van der Waals surface area contributed by atoms with E-state index < -0.39 is 0 Å². The molecule has 2 N–H and O–H groups in total. The van der Waals surface area contributed by atoms with Crippen LogP contribution in [0.25, 0.3) is 45.1 Å². The second-order valence-corrected chi connectivity index (χ2v) is 9.43. The number of amides is 2. The number of unbranched alkanes of at least 4 members (excludes halogenated alkanes) is 1. The van der Waals surface area contributed by atoms with Gasteiger partial charge in [-0.15, -0.1) is 0 Å². The van der Waals surface area contributed by atoms with Crippen LogP contribution in [0.15, 0.2) is 106 Å². The van der Waals surface area contributed by atoms with Gasteiger partial charge in [-0.2, -0.15) is 0 Å². The molecule has 0 atom stereocenters. The third kappa shape index (κ3) is 5.76. The number of benzene rings is 4. The molecule has 6 aromatic rings. The van der Waals surface area contributed by atoms with Crippen LogP contribution in [0.3, 0.4) is 0 Å². The molecule has 8 heteroatoms. The van der Waals surface area contributed by atoms with Crippen molar-refractivity contribution in [3.63, 3.8) is 0 Å². The molecule has 0 fully saturated rings. The number of aromatic nitrogens is 2. The number of nitrogens with zero attached hydrogens (tertiary/aromatic N) is 2. The van der Waals surface area contributed by atoms with Crippen LogP contribution in [0.1, 0.15) is 25.7 Å². The topological polar surface area (TPSA) is 110 Å². The van der Waals surface area contributed by atoms with Crippen molar-refractivity contribution in [2.24, 2.45) is 0 Å². The standard InChI is InChI=1S/C32H26N4O4/c37-29(33-23-17-13-21(14-18-23)31-35-25-7-1-3-9-27(25)39-31)11-5-6-12-30(38)34-24-19-15-22(16-20-24)32-36-26-8-2-4-10-28(26)40-32/h1-4,7-10,13-20H,5-6,11-12H2,(H,33,37)(H,34,38). The summed E-state index contributed by atoms with van der Waals surface area (Å²) < 4.78 is 11.6. The highest BCUT2D eigenvalue weighted by Crippen LogP contribution is 2.26. The Bertz CT molecular complexity index is 1590. The molecule has 40 heavy (non-hydrogen) atoms. The van der Waals surface area contributed by atoms with Crippen LogP contribution in [0, 0.1) is 0 Å². The molecule has 2 aromatic heterocycles. The minimum absolute atomic E-state index is 0.0928. The van der Waals surface area contributed by atoms with Crippen molar-refractivity contribution in [1.29, 1.82) is 0 Å². The molecule has 0 saturated heterocycles. The Morgan fingerprint density at radius 2 is 0.950 bits per heavy atom. The second-order valence-electron chi connectivity index (χ2n) is 9.43. The highest BCUT2D eigenvalue weighted by molar-refractivity contribution is 5.92. The Hall–Kier alpha value is -5.24. The highest BCUT2D eigenvalue weighted by Gasteiger charge is 2.11. The van der Waals surface area contributed by atoms with E-state index >= 15 is 0 Å². The maximum Gasteiger partial charge on any atom is 0.227 e. The largest absolute Gasteiger partial charge is 0.436 e. The average molecular weight is 531 g/mol. The first-order chi connectivity index (χ1) is 19.6. The molecule has 0 saturated carbocycles. The monoisotopic (exact) mass is 530 g/mol. The molecule has 4 aromatic carbocycles. The van der Waals surface area contributed by atoms with E-state index in [0.29, 0.717) is 48.8 Å². The van der Waals surface area contributed by atoms with E-state index in [1.165, 1.54) is 0 Å². The predicted octanol–water partition coefficient (Wildman–Crippen LogP) is 7.44. The first-order valence-corrected chi connectivity index (χ1v) is 13.1. The highest BCUT2D eigenvalue weighted by atomic mass is 16.4. The summed E-state index contributed by atoms with van der Waals surface area (Å²) in [6.45, 7) is 0. The van der Waals surface area contributed by atoms with Gasteiger partial charge in [-0.25, -0.2) is 9.97 Å². The molecule has 0 spiro atoms. The van der Waals surface area contributed by atoms with Gasteiger partial charge in [0, 0.05) is 35.3 Å². The van der Waals surface area contributed by atoms with Crippen molar-refractivity contribution in [3.05, 3.63) is 97.1 Å². The Kier molecular flexibility index (Phi) is 7.05. The number of rotatable bonds is 9. The van der Waals surface area contributed by atoms with Gasteiger partial charge in [0.25, 0.3) is 0 Å². The summed E-state index contributed by atoms with van der Waals surface area (Å²) in [5, 5.41) is 5.80. The molecule has 0 aliphatic rings. The molecule has 198 valence electrons. The molecular weight excluding hydrogens is 504 g/mol. The van der Waals surface area contributed by atoms with Crippen LogP contribution in [-0.2, 0) is 9.59 Å². The van der Waals surface area contributed by atoms with E-state index in [9.17, 15) is 9.59 Å². The minimum atomic E-state index is -0.0928. The summed E-state index contributed by atoms with van der Waals surface area (Å²) in [5.41, 5.74) is 6.14. The van der Waals surface area contributed by atoms with Crippen molar-refractivity contribution in [2.45, 2.75) is 25.7 Å². The Morgan fingerprint density at radius 3 is 1.35 bits per heavy atom. The lowest BCUT2D eigenvalue weighted by atomic mass is 10.1. The van der Waals surface area contributed by atoms with Crippen LogP contribution in [0.4, 0.5) is 11.4 Å². The normalized spacial score (nSPS) is 11.1. The third-order valence-electron chi connectivity index (χ3n) is 6.48. The van der Waals surface area contributed by atoms with Gasteiger partial charge in [-0.3, -0.25) is 9.59 Å². The molecule has 0 aliphatic carbocycles. The fourth-order valence-electron chi connectivity index (χ4n) is 4.40. The van der Waals surface area contributed by atoms with E-state index in [2.05, 4.69) is 20.6 Å². The molecule has 8 nitrogen and oxygen atoms in total. The molecular formula is C32H26N4O4. The predicted molar refractivity (Wildman–Crippen MR) is 155 cm³/mol. The van der Waals surface area contributed by atoms with Crippen LogP contribution in [-0.4, -0.2) is 21.8 Å². The minimum Gasteiger partial charge on any atom is -0.436 e. The summed E-state index contributed by atoms with van der Waals surface area (Å²) in [7, 11) is 0. The van der Waals surface area contributed by atoms with Gasteiger partial charge in [0.05, 0.1) is 0 Å². The second kappa shape index (κ2) is 11.2. The van der Waals surface area contributed by atoms with E-state index in [1.54, 1.807) is 0 Å². The van der Waals surface area contributed by atoms with Crippen molar-refractivity contribution in [1.82, 2.24) is 9.97 Å². The molecule has 0 aliphatic heterocycles. The zero-order chi connectivity index (χ0) is 27.3. The fraction of sp³-hybridized carbons (Fsp3) is 0.125. The molecule has 0 radical (unpaired) electrons. The first-order valence-electron chi connectivity index (χ1n) is 13.1. The molecule has 2 amide bonds. The van der Waals surface area contributed by atoms with Gasteiger partial charge in [0.15, 0.2) is 11.2 Å². The number of para-hydroxylation sites is 4. The van der Waals surface area contributed by atoms with Crippen molar-refractivity contribution < 1.29 is 18.4 Å². The van der Waals surface area contributed by atoms with Crippen LogP contribution in [0.5, 0.6) is 0 Å². The lowest BCUT2D eigenvalue weighted by Gasteiger charge is -2.07. The molecule has 2 heterocycles. The van der Waals surface area contributed by atoms with E-state index in [1.807, 2.05) is 97.1 Å². The zero-order valence-electron chi connectivity index (χ0n) is 21.6. The third-order valence-corrected chi connectivity index (χ3v) is 6.48. The lowest BCUT2D eigenvalue weighted by Crippen LogP contribution is -2.13. The summed E-state index contributed by atoms with van der Waals surface area (Å²) in [4.78, 5) is 33.7. The quantitative estimate of drug-likeness (QED) is 0.188. The SMILES string of the molecule is O=C(CCCCC(=O)Nc1ccc(-c2nc3ccccc3o2)cc1)Nc1ccc(-c2nc3ccccc3o2)cc1. The Labute approximate surface area is 230 Å². The number of hydrogen-bond donors (Lipinski definition) is 2. The fourth-order valence-corrected chi connectivity index (χ4v) is 4.40. The lowest BCUT2D eigenvalue weighted by molar-refractivity contribution is -0.118. The summed E-state index contributed by atoms with van der Waals surface area (Å²) in [5.74, 6) is 0.891. The molecule has 0 bridgehead atoms. The molecule has 0 unspecified atom stereocenters. The zero-order valence-corrected chi connectivity index (χ0v) is 21.6. The number of carbonyl (C=O) groups is 2. The number of fused-ring (bicyclic) bond motifs is 2. The van der Waals surface area contributed by atoms with Crippen LogP contribution in [0.2, 0.25) is 0 Å². The van der Waals surface area contributed by atoms with Gasteiger partial charge in [0.2, 0.25) is 23.6 Å². The molecule has 6 rings (SSSR count). The average Bonchev–Trinajstić information content (AvgIpc) is 3.61. The first kappa shape index (κ1) is 25.1. The van der Waals surface area contributed by atoms with E-state index in [0.717, 1.165) is 33.3 Å². The number of nitrogens with one attached hydrogen (secondary N) is 2. The van der Waals surface area contributed by atoms with Crippen molar-refractivity contribution in [3.8, 4) is 22.9 Å². The Morgan fingerprint density at radius 1 is 0.550 bits per heavy atom. The van der Waals surface area contributed by atoms with Crippen LogP contribution >= 0.6 is 0 Å². The van der Waals surface area contributed by atoms with Gasteiger partial charge in [-0.1, -0.05) is 24.3 Å². The van der Waals surface area contributed by atoms with Gasteiger partial charge >= 0.3 is 0 Å². The smallest absolute Gasteiger partial charge is 0.227 e. The summed E-state index contributed by atoms with van der Waals surface area (Å²) >= 11 is 0. The maximum atomic E-state index is 12.4. The number of anilines is 2. The van der Waals surface area contributed by atoms with E-state index in [-0.39, 0.29) is 11.8 Å². The number of hydrogen-bond acceptors (Lipinski definition) is 6. The van der Waals surface area contributed by atoms with Gasteiger partial charge in [0.1, 0.15) is 11.0 Å². The summed E-state index contributed by atoms with van der Waals surface area (Å²) in [6, 6.07) is 30.0. The van der Waals surface area contributed by atoms with Gasteiger partial charge in [-0.05, 0) is 85.6 Å². The number of carbonyl (C=O) groups excluding carboxylic acids is 2. The Balaban J connectivity index is 0.929.